The molecule has 7 heteroatoms. The fourth-order valence-corrected chi connectivity index (χ4v) is 4.09. The van der Waals surface area contributed by atoms with E-state index in [1.54, 1.807) is 47.4 Å². The first-order chi connectivity index (χ1) is 15.0. The third-order valence-electron chi connectivity index (χ3n) is 5.55. The first-order valence-electron chi connectivity index (χ1n) is 9.92. The van der Waals surface area contributed by atoms with Crippen LogP contribution < -0.4 is 0 Å². The molecule has 5 rings (SSSR count). The van der Waals surface area contributed by atoms with Crippen LogP contribution in [0.5, 0.6) is 0 Å². The van der Waals surface area contributed by atoms with Crippen molar-refractivity contribution in [1.29, 1.82) is 0 Å². The Morgan fingerprint density at radius 3 is 2.52 bits per heavy atom. The van der Waals surface area contributed by atoms with E-state index in [9.17, 15) is 13.6 Å². The summed E-state index contributed by atoms with van der Waals surface area (Å²) < 4.78 is 32.8. The molecular formula is C24H17ClF2N2O2. The van der Waals surface area contributed by atoms with Gasteiger partial charge in [-0.1, -0.05) is 23.7 Å². The number of amides is 1. The highest BCUT2D eigenvalue weighted by molar-refractivity contribution is 6.30. The molecule has 1 unspecified atom stereocenters. The molecule has 0 saturated carbocycles. The monoisotopic (exact) mass is 438 g/mol. The number of fused-ring (bicyclic) bond motifs is 1. The van der Waals surface area contributed by atoms with E-state index in [1.165, 1.54) is 6.07 Å². The summed E-state index contributed by atoms with van der Waals surface area (Å²) in [6, 6.07) is 15.6. The molecule has 3 aromatic carbocycles. The fourth-order valence-electron chi connectivity index (χ4n) is 3.97. The normalized spacial score (nSPS) is 16.2. The van der Waals surface area contributed by atoms with Crippen molar-refractivity contribution in [1.82, 2.24) is 9.88 Å². The number of benzene rings is 3. The summed E-state index contributed by atoms with van der Waals surface area (Å²) in [5, 5.41) is 0.574. The standard InChI is InChI=1S/C24H17ClF2N2O2/c25-17-7-3-14(4-8-17)24(30)29-11-1-2-21(29)23-28-20-13-16(6-10-22(20)31-23)15-5-9-18(26)19(27)12-15/h3-10,12-13,21H,1-2,11H2. The van der Waals surface area contributed by atoms with Crippen molar-refractivity contribution >= 4 is 28.6 Å². The maximum absolute atomic E-state index is 13.6. The van der Waals surface area contributed by atoms with Gasteiger partial charge in [0.25, 0.3) is 5.91 Å². The summed E-state index contributed by atoms with van der Waals surface area (Å²) in [5.41, 5.74) is 2.99. The Morgan fingerprint density at radius 2 is 1.74 bits per heavy atom. The number of oxazole rings is 1. The molecule has 0 radical (unpaired) electrons. The van der Waals surface area contributed by atoms with Crippen molar-refractivity contribution in [3.05, 3.63) is 88.8 Å². The summed E-state index contributed by atoms with van der Waals surface area (Å²) >= 11 is 5.93. The fraction of sp³-hybridized carbons (Fsp3) is 0.167. The number of halogens is 3. The quantitative estimate of drug-likeness (QED) is 0.371. The van der Waals surface area contributed by atoms with E-state index < -0.39 is 11.6 Å². The summed E-state index contributed by atoms with van der Waals surface area (Å²) in [6.45, 7) is 0.616. The van der Waals surface area contributed by atoms with Crippen molar-refractivity contribution in [2.75, 3.05) is 6.54 Å². The Labute approximate surface area is 182 Å². The Kier molecular flexibility index (Phi) is 4.94. The van der Waals surface area contributed by atoms with Gasteiger partial charge < -0.3 is 9.32 Å². The molecule has 4 aromatic rings. The highest BCUT2D eigenvalue weighted by atomic mass is 35.5. The van der Waals surface area contributed by atoms with Gasteiger partial charge in [-0.2, -0.15) is 0 Å². The van der Waals surface area contributed by atoms with Gasteiger partial charge in [0.1, 0.15) is 11.6 Å². The summed E-state index contributed by atoms with van der Waals surface area (Å²) in [6.07, 6.45) is 1.60. The molecule has 1 fully saturated rings. The molecular weight excluding hydrogens is 422 g/mol. The minimum Gasteiger partial charge on any atom is -0.438 e. The number of carbonyl (C=O) groups is 1. The van der Waals surface area contributed by atoms with Crippen LogP contribution in [0, 0.1) is 11.6 Å². The van der Waals surface area contributed by atoms with E-state index >= 15 is 0 Å². The van der Waals surface area contributed by atoms with Gasteiger partial charge in [0, 0.05) is 17.1 Å². The van der Waals surface area contributed by atoms with E-state index in [0.717, 1.165) is 25.0 Å². The van der Waals surface area contributed by atoms with Gasteiger partial charge in [-0.15, -0.1) is 0 Å². The number of carbonyl (C=O) groups excluding carboxylic acids is 1. The van der Waals surface area contributed by atoms with E-state index in [2.05, 4.69) is 4.98 Å². The lowest BCUT2D eigenvalue weighted by Crippen LogP contribution is -2.30. The maximum atomic E-state index is 13.6. The minimum absolute atomic E-state index is 0.0936. The van der Waals surface area contributed by atoms with Gasteiger partial charge in [0.05, 0.1) is 0 Å². The van der Waals surface area contributed by atoms with Crippen LogP contribution in [0.4, 0.5) is 8.78 Å². The van der Waals surface area contributed by atoms with Gasteiger partial charge in [-0.25, -0.2) is 13.8 Å². The van der Waals surface area contributed by atoms with Crippen LogP contribution in [0.1, 0.15) is 35.1 Å². The average Bonchev–Trinajstić information content (AvgIpc) is 3.42. The topological polar surface area (TPSA) is 46.3 Å². The molecule has 0 aliphatic carbocycles. The summed E-state index contributed by atoms with van der Waals surface area (Å²) in [5.74, 6) is -1.41. The molecule has 1 saturated heterocycles. The molecule has 4 nitrogen and oxygen atoms in total. The van der Waals surface area contributed by atoms with Gasteiger partial charge in [0.15, 0.2) is 17.2 Å². The molecule has 1 aliphatic rings. The van der Waals surface area contributed by atoms with E-state index in [4.69, 9.17) is 16.0 Å². The predicted octanol–water partition coefficient (Wildman–Crippen LogP) is 6.40. The van der Waals surface area contributed by atoms with E-state index in [0.29, 0.717) is 45.2 Å². The molecule has 2 heterocycles. The number of aromatic nitrogens is 1. The average molecular weight is 439 g/mol. The lowest BCUT2D eigenvalue weighted by Gasteiger charge is -2.22. The number of nitrogens with zero attached hydrogens (tertiary/aromatic N) is 2. The predicted molar refractivity (Wildman–Crippen MR) is 114 cm³/mol. The Bertz CT molecular complexity index is 1290. The first kappa shape index (κ1) is 19.7. The molecule has 156 valence electrons. The van der Waals surface area contributed by atoms with Crippen LogP contribution in [0.15, 0.2) is 65.1 Å². The molecule has 0 bridgehead atoms. The third kappa shape index (κ3) is 3.68. The van der Waals surface area contributed by atoms with Gasteiger partial charge >= 0.3 is 0 Å². The number of hydrogen-bond acceptors (Lipinski definition) is 3. The SMILES string of the molecule is O=C(c1ccc(Cl)cc1)N1CCCC1c1nc2cc(-c3ccc(F)c(F)c3)ccc2o1. The van der Waals surface area contributed by atoms with Gasteiger partial charge in [-0.05, 0) is 72.5 Å². The van der Waals surface area contributed by atoms with Crippen LogP contribution in [0.3, 0.4) is 0 Å². The number of rotatable bonds is 3. The zero-order valence-electron chi connectivity index (χ0n) is 16.3. The van der Waals surface area contributed by atoms with Gasteiger partial charge in [0.2, 0.25) is 5.89 Å². The van der Waals surface area contributed by atoms with E-state index in [1.807, 2.05) is 0 Å². The first-order valence-corrected chi connectivity index (χ1v) is 10.3. The van der Waals surface area contributed by atoms with Crippen LogP contribution in [0.2, 0.25) is 5.02 Å². The van der Waals surface area contributed by atoms with Crippen LogP contribution in [-0.2, 0) is 0 Å². The lowest BCUT2D eigenvalue weighted by molar-refractivity contribution is 0.0717. The van der Waals surface area contributed by atoms with Crippen molar-refractivity contribution < 1.29 is 18.0 Å². The van der Waals surface area contributed by atoms with Crippen LogP contribution in [0.25, 0.3) is 22.2 Å². The largest absolute Gasteiger partial charge is 0.438 e. The van der Waals surface area contributed by atoms with Crippen LogP contribution in [-0.4, -0.2) is 22.3 Å². The molecule has 1 atom stereocenters. The highest BCUT2D eigenvalue weighted by Crippen LogP contribution is 2.35. The Morgan fingerprint density at radius 1 is 1.00 bits per heavy atom. The second-order valence-electron chi connectivity index (χ2n) is 7.53. The van der Waals surface area contributed by atoms with Crippen LogP contribution >= 0.6 is 11.6 Å². The summed E-state index contributed by atoms with van der Waals surface area (Å²) in [7, 11) is 0. The molecule has 31 heavy (non-hydrogen) atoms. The van der Waals surface area contributed by atoms with Crippen molar-refractivity contribution in [2.24, 2.45) is 0 Å². The second-order valence-corrected chi connectivity index (χ2v) is 7.96. The van der Waals surface area contributed by atoms with Crippen molar-refractivity contribution in [3.8, 4) is 11.1 Å². The minimum atomic E-state index is -0.902. The van der Waals surface area contributed by atoms with Gasteiger partial charge in [-0.3, -0.25) is 4.79 Å². The maximum Gasteiger partial charge on any atom is 0.254 e. The number of hydrogen-bond donors (Lipinski definition) is 0. The molecule has 0 N–H and O–H groups in total. The Balaban J connectivity index is 1.46. The summed E-state index contributed by atoms with van der Waals surface area (Å²) in [4.78, 5) is 19.4. The molecule has 1 aromatic heterocycles. The second kappa shape index (κ2) is 7.78. The highest BCUT2D eigenvalue weighted by Gasteiger charge is 2.34. The third-order valence-corrected chi connectivity index (χ3v) is 5.80. The van der Waals surface area contributed by atoms with Crippen molar-refractivity contribution in [2.45, 2.75) is 18.9 Å². The zero-order chi connectivity index (χ0) is 21.5. The number of likely N-dealkylation sites (tertiary alicyclic amines) is 1. The molecule has 0 spiro atoms. The smallest absolute Gasteiger partial charge is 0.254 e. The van der Waals surface area contributed by atoms with E-state index in [-0.39, 0.29) is 11.9 Å². The molecule has 1 amide bonds. The zero-order valence-corrected chi connectivity index (χ0v) is 17.1. The lowest BCUT2D eigenvalue weighted by atomic mass is 10.1. The Hall–Kier alpha value is -3.25. The molecule has 1 aliphatic heterocycles. The van der Waals surface area contributed by atoms with Crippen molar-refractivity contribution in [3.63, 3.8) is 0 Å².